The number of rotatable bonds is 4. The van der Waals surface area contributed by atoms with E-state index in [2.05, 4.69) is 4.98 Å². The topological polar surface area (TPSA) is 56.6 Å². The van der Waals surface area contributed by atoms with Gasteiger partial charge in [0.1, 0.15) is 17.3 Å². The minimum absolute atomic E-state index is 0.0302. The highest BCUT2D eigenvalue weighted by atomic mass is 19.1. The Balaban J connectivity index is 1.47. The number of piperidine rings is 1. The Morgan fingerprint density at radius 2 is 2.12 bits per heavy atom. The van der Waals surface area contributed by atoms with Gasteiger partial charge in [0, 0.05) is 41.9 Å². The standard InChI is InChI=1S/C26H26FN3O3/c1-17-15-29(16-28-17)23-14-21(27)19(13-25(23)32-2)12-18-6-5-10-30(26(18)31)22-9-11-33-24-8-4-3-7-20(22)24/h3-4,7-8,12-16,22H,5-6,9-11H2,1-2H3/t22-/m0/s1. The molecule has 2 aliphatic rings. The van der Waals surface area contributed by atoms with E-state index in [1.54, 1.807) is 30.1 Å². The fourth-order valence-electron chi connectivity index (χ4n) is 4.69. The Labute approximate surface area is 192 Å². The lowest BCUT2D eigenvalue weighted by Crippen LogP contribution is -2.41. The maximum absolute atomic E-state index is 15.1. The summed E-state index contributed by atoms with van der Waals surface area (Å²) in [4.78, 5) is 19.6. The summed E-state index contributed by atoms with van der Waals surface area (Å²) in [7, 11) is 1.55. The van der Waals surface area contributed by atoms with Crippen molar-refractivity contribution in [2.75, 3.05) is 20.3 Å². The molecule has 0 radical (unpaired) electrons. The summed E-state index contributed by atoms with van der Waals surface area (Å²) in [6.45, 7) is 3.13. The lowest BCUT2D eigenvalue weighted by atomic mass is 9.93. The third kappa shape index (κ3) is 3.99. The van der Waals surface area contributed by atoms with Crippen molar-refractivity contribution in [1.82, 2.24) is 14.5 Å². The highest BCUT2D eigenvalue weighted by molar-refractivity contribution is 5.99. The number of halogens is 1. The van der Waals surface area contributed by atoms with Gasteiger partial charge in [0.25, 0.3) is 0 Å². The second kappa shape index (κ2) is 8.73. The molecule has 7 heteroatoms. The molecule has 1 atom stereocenters. The molecular formula is C26H26FN3O3. The summed E-state index contributed by atoms with van der Waals surface area (Å²) >= 11 is 0. The number of hydrogen-bond acceptors (Lipinski definition) is 4. The second-order valence-electron chi connectivity index (χ2n) is 8.43. The van der Waals surface area contributed by atoms with Crippen molar-refractivity contribution in [2.45, 2.75) is 32.2 Å². The number of ether oxygens (including phenoxy) is 2. The van der Waals surface area contributed by atoms with E-state index in [1.807, 2.05) is 42.3 Å². The third-order valence-corrected chi connectivity index (χ3v) is 6.30. The van der Waals surface area contributed by atoms with Crippen molar-refractivity contribution < 1.29 is 18.7 Å². The smallest absolute Gasteiger partial charge is 0.250 e. The Kier molecular flexibility index (Phi) is 5.62. The van der Waals surface area contributed by atoms with Gasteiger partial charge in [-0.1, -0.05) is 18.2 Å². The summed E-state index contributed by atoms with van der Waals surface area (Å²) in [5.41, 5.74) is 3.37. The lowest BCUT2D eigenvalue weighted by molar-refractivity contribution is -0.131. The number of aryl methyl sites for hydroxylation is 1. The number of methoxy groups -OCH3 is 1. The van der Waals surface area contributed by atoms with Gasteiger partial charge in [0.2, 0.25) is 5.91 Å². The highest BCUT2D eigenvalue weighted by Gasteiger charge is 2.33. The van der Waals surface area contributed by atoms with Crippen molar-refractivity contribution >= 4 is 12.0 Å². The minimum Gasteiger partial charge on any atom is -0.495 e. The first-order valence-corrected chi connectivity index (χ1v) is 11.2. The number of imidazole rings is 1. The zero-order chi connectivity index (χ0) is 22.9. The van der Waals surface area contributed by atoms with Gasteiger partial charge < -0.3 is 18.9 Å². The van der Waals surface area contributed by atoms with Gasteiger partial charge in [-0.3, -0.25) is 4.79 Å². The molecular weight excluding hydrogens is 421 g/mol. The number of nitrogens with zero attached hydrogens (tertiary/aromatic N) is 3. The monoisotopic (exact) mass is 447 g/mol. The highest BCUT2D eigenvalue weighted by Crippen LogP contribution is 2.38. The zero-order valence-corrected chi connectivity index (χ0v) is 18.8. The number of carbonyl (C=O) groups is 1. The molecule has 1 aromatic heterocycles. The van der Waals surface area contributed by atoms with Crippen LogP contribution in [0.1, 0.15) is 42.1 Å². The van der Waals surface area contributed by atoms with Crippen LogP contribution in [0.5, 0.6) is 11.5 Å². The first-order chi connectivity index (χ1) is 16.0. The van der Waals surface area contributed by atoms with Gasteiger partial charge in [-0.15, -0.1) is 0 Å². The molecule has 3 heterocycles. The summed E-state index contributed by atoms with van der Waals surface area (Å²) < 4.78 is 28.1. The molecule has 170 valence electrons. The molecule has 0 aliphatic carbocycles. The Bertz CT molecular complexity index is 1230. The molecule has 0 saturated carbocycles. The summed E-state index contributed by atoms with van der Waals surface area (Å²) in [5.74, 6) is 0.888. The van der Waals surface area contributed by atoms with Gasteiger partial charge in [-0.05, 0) is 38.0 Å². The van der Waals surface area contributed by atoms with Crippen molar-refractivity contribution in [1.29, 1.82) is 0 Å². The van der Waals surface area contributed by atoms with Gasteiger partial charge in [-0.25, -0.2) is 9.37 Å². The van der Waals surface area contributed by atoms with E-state index in [1.165, 1.54) is 6.07 Å². The Morgan fingerprint density at radius 3 is 2.91 bits per heavy atom. The van der Waals surface area contributed by atoms with E-state index in [4.69, 9.17) is 9.47 Å². The van der Waals surface area contributed by atoms with Gasteiger partial charge in [0.05, 0.1) is 37.5 Å². The molecule has 0 N–H and O–H groups in total. The van der Waals surface area contributed by atoms with Crippen molar-refractivity contribution in [3.63, 3.8) is 0 Å². The third-order valence-electron chi connectivity index (χ3n) is 6.30. The van der Waals surface area contributed by atoms with Crippen LogP contribution in [0.3, 0.4) is 0 Å². The van der Waals surface area contributed by atoms with Crippen molar-refractivity contribution in [3.05, 3.63) is 77.1 Å². The molecule has 1 fully saturated rings. The average Bonchev–Trinajstić information content (AvgIpc) is 3.27. The number of likely N-dealkylation sites (tertiary alicyclic amines) is 1. The van der Waals surface area contributed by atoms with Crippen LogP contribution in [-0.4, -0.2) is 40.6 Å². The Hall–Kier alpha value is -3.61. The number of para-hydroxylation sites is 1. The van der Waals surface area contributed by atoms with E-state index in [0.29, 0.717) is 42.1 Å². The average molecular weight is 448 g/mol. The molecule has 33 heavy (non-hydrogen) atoms. The molecule has 1 saturated heterocycles. The summed E-state index contributed by atoms with van der Waals surface area (Å²) in [6, 6.07) is 10.9. The van der Waals surface area contributed by atoms with Crippen molar-refractivity contribution in [2.24, 2.45) is 0 Å². The van der Waals surface area contributed by atoms with Crippen LogP contribution in [0.4, 0.5) is 4.39 Å². The van der Waals surface area contributed by atoms with E-state index >= 15 is 4.39 Å². The molecule has 0 spiro atoms. The van der Waals surface area contributed by atoms with Crippen molar-refractivity contribution in [3.8, 4) is 17.2 Å². The van der Waals surface area contributed by atoms with E-state index in [0.717, 1.165) is 29.8 Å². The summed E-state index contributed by atoms with van der Waals surface area (Å²) in [5, 5.41) is 0. The molecule has 1 amide bonds. The maximum Gasteiger partial charge on any atom is 0.250 e. The molecule has 3 aromatic rings. The van der Waals surface area contributed by atoms with Crippen LogP contribution in [0.15, 0.2) is 54.5 Å². The molecule has 2 aromatic carbocycles. The largest absolute Gasteiger partial charge is 0.495 e. The molecule has 0 unspecified atom stereocenters. The maximum atomic E-state index is 15.1. The first kappa shape index (κ1) is 21.2. The molecule has 0 bridgehead atoms. The van der Waals surface area contributed by atoms with Crippen LogP contribution in [0, 0.1) is 12.7 Å². The minimum atomic E-state index is -0.411. The fraction of sp³-hybridized carbons (Fsp3) is 0.308. The van der Waals surface area contributed by atoms with Crippen LogP contribution in [-0.2, 0) is 4.79 Å². The quantitative estimate of drug-likeness (QED) is 0.536. The Morgan fingerprint density at radius 1 is 1.27 bits per heavy atom. The number of aromatic nitrogens is 2. The predicted octanol–water partition coefficient (Wildman–Crippen LogP) is 4.86. The number of fused-ring (bicyclic) bond motifs is 1. The van der Waals surface area contributed by atoms with Crippen LogP contribution >= 0.6 is 0 Å². The second-order valence-corrected chi connectivity index (χ2v) is 8.43. The van der Waals surface area contributed by atoms with Gasteiger partial charge in [-0.2, -0.15) is 0 Å². The zero-order valence-electron chi connectivity index (χ0n) is 18.8. The first-order valence-electron chi connectivity index (χ1n) is 11.2. The molecule has 6 nitrogen and oxygen atoms in total. The SMILES string of the molecule is COc1cc(C=C2CCCN([C@H]3CCOc4ccccc43)C2=O)c(F)cc1-n1cnc(C)c1. The van der Waals surface area contributed by atoms with Gasteiger partial charge >= 0.3 is 0 Å². The van der Waals surface area contributed by atoms with Crippen LogP contribution in [0.2, 0.25) is 0 Å². The number of benzene rings is 2. The van der Waals surface area contributed by atoms with Crippen LogP contribution in [0.25, 0.3) is 11.8 Å². The number of hydrogen-bond donors (Lipinski definition) is 0. The van der Waals surface area contributed by atoms with E-state index in [9.17, 15) is 4.79 Å². The van der Waals surface area contributed by atoms with E-state index < -0.39 is 5.82 Å². The number of carbonyl (C=O) groups excluding carboxylic acids is 1. The number of amides is 1. The lowest BCUT2D eigenvalue weighted by Gasteiger charge is -2.38. The van der Waals surface area contributed by atoms with Crippen LogP contribution < -0.4 is 9.47 Å². The summed E-state index contributed by atoms with van der Waals surface area (Å²) in [6.07, 6.45) is 7.30. The molecule has 5 rings (SSSR count). The van der Waals surface area contributed by atoms with E-state index in [-0.39, 0.29) is 11.9 Å². The fourth-order valence-corrected chi connectivity index (χ4v) is 4.69. The predicted molar refractivity (Wildman–Crippen MR) is 123 cm³/mol. The van der Waals surface area contributed by atoms with Gasteiger partial charge in [0.15, 0.2) is 0 Å². The molecule has 2 aliphatic heterocycles. The normalized spacial score (nSPS) is 19.4.